The number of nitrogens with two attached hydrogens (primary N) is 1. The Balaban J connectivity index is 1.59. The monoisotopic (exact) mass is 288 g/mol. The molecule has 2 fully saturated rings. The van der Waals surface area contributed by atoms with Crippen molar-refractivity contribution in [2.24, 2.45) is 17.6 Å². The summed E-state index contributed by atoms with van der Waals surface area (Å²) in [6, 6.07) is 6.81. The first kappa shape index (κ1) is 14.0. The van der Waals surface area contributed by atoms with E-state index >= 15 is 0 Å². The third kappa shape index (κ3) is 3.06. The summed E-state index contributed by atoms with van der Waals surface area (Å²) in [4.78, 5) is 25.7. The number of nitrogens with zero attached hydrogens (tertiary/aromatic N) is 1. The van der Waals surface area contributed by atoms with Gasteiger partial charge in [0, 0.05) is 13.1 Å². The van der Waals surface area contributed by atoms with Crippen molar-refractivity contribution < 1.29 is 9.59 Å². The minimum atomic E-state index is -0.535. The van der Waals surface area contributed by atoms with Crippen LogP contribution < -0.4 is 16.4 Å². The molecule has 0 radical (unpaired) electrons. The molecule has 4 N–H and O–H groups in total. The lowest BCUT2D eigenvalue weighted by atomic mass is 10.0. The van der Waals surface area contributed by atoms with Gasteiger partial charge in [-0.25, -0.2) is 0 Å². The van der Waals surface area contributed by atoms with Gasteiger partial charge in [0.25, 0.3) is 5.91 Å². The fourth-order valence-corrected chi connectivity index (χ4v) is 3.28. The smallest absolute Gasteiger partial charge is 0.250 e. The molecule has 6 nitrogen and oxygen atoms in total. The van der Waals surface area contributed by atoms with Crippen molar-refractivity contribution in [1.29, 1.82) is 0 Å². The van der Waals surface area contributed by atoms with Crippen molar-refractivity contribution >= 4 is 17.5 Å². The van der Waals surface area contributed by atoms with Gasteiger partial charge < -0.3 is 16.4 Å². The number of carbonyl (C=O) groups is 2. The minimum Gasteiger partial charge on any atom is -0.366 e. The van der Waals surface area contributed by atoms with Crippen LogP contribution in [0, 0.1) is 11.8 Å². The Kier molecular flexibility index (Phi) is 3.90. The number of benzene rings is 1. The van der Waals surface area contributed by atoms with Gasteiger partial charge in [-0.1, -0.05) is 12.1 Å². The Labute approximate surface area is 123 Å². The van der Waals surface area contributed by atoms with Crippen LogP contribution >= 0.6 is 0 Å². The molecule has 2 heterocycles. The molecular weight excluding hydrogens is 268 g/mol. The van der Waals surface area contributed by atoms with Crippen molar-refractivity contribution in [3.05, 3.63) is 29.8 Å². The van der Waals surface area contributed by atoms with E-state index in [1.165, 1.54) is 0 Å². The number of hydrogen-bond donors (Lipinski definition) is 3. The number of carbonyl (C=O) groups excluding carboxylic acids is 2. The molecule has 1 aromatic carbocycles. The molecule has 0 aromatic heterocycles. The van der Waals surface area contributed by atoms with Crippen LogP contribution in [0.4, 0.5) is 5.69 Å². The van der Waals surface area contributed by atoms with Gasteiger partial charge in [-0.05, 0) is 37.1 Å². The Morgan fingerprint density at radius 1 is 1.24 bits per heavy atom. The summed E-state index contributed by atoms with van der Waals surface area (Å²) in [5.74, 6) is 0.690. The largest absolute Gasteiger partial charge is 0.366 e. The van der Waals surface area contributed by atoms with Gasteiger partial charge in [0.05, 0.1) is 17.8 Å². The van der Waals surface area contributed by atoms with E-state index in [-0.39, 0.29) is 5.91 Å². The lowest BCUT2D eigenvalue weighted by Crippen LogP contribution is -2.34. The van der Waals surface area contributed by atoms with Crippen LogP contribution in [-0.4, -0.2) is 49.4 Å². The number of rotatable bonds is 4. The van der Waals surface area contributed by atoms with Crippen LogP contribution in [0.15, 0.2) is 24.3 Å². The van der Waals surface area contributed by atoms with Crippen LogP contribution in [-0.2, 0) is 4.79 Å². The molecule has 0 unspecified atom stereocenters. The van der Waals surface area contributed by atoms with Crippen LogP contribution in [0.1, 0.15) is 10.4 Å². The SMILES string of the molecule is NC(=O)c1ccccc1NC(=O)CN1C[C@H]2CNC[C@H]2C1. The molecule has 2 atom stereocenters. The molecule has 2 aliphatic heterocycles. The van der Waals surface area contributed by atoms with Gasteiger partial charge >= 0.3 is 0 Å². The average molecular weight is 288 g/mol. The summed E-state index contributed by atoms with van der Waals surface area (Å²) in [7, 11) is 0. The van der Waals surface area contributed by atoms with E-state index in [9.17, 15) is 9.59 Å². The van der Waals surface area contributed by atoms with Crippen LogP contribution in [0.25, 0.3) is 0 Å². The molecule has 1 aromatic rings. The molecule has 3 rings (SSSR count). The highest BCUT2D eigenvalue weighted by Gasteiger charge is 2.36. The number of para-hydroxylation sites is 1. The number of anilines is 1. The average Bonchev–Trinajstić information content (AvgIpc) is 2.99. The molecule has 0 spiro atoms. The highest BCUT2D eigenvalue weighted by atomic mass is 16.2. The Morgan fingerprint density at radius 3 is 2.57 bits per heavy atom. The molecule has 0 bridgehead atoms. The first-order valence-electron chi connectivity index (χ1n) is 7.25. The first-order chi connectivity index (χ1) is 10.1. The van der Waals surface area contributed by atoms with Crippen LogP contribution in [0.5, 0.6) is 0 Å². The zero-order valence-electron chi connectivity index (χ0n) is 11.8. The maximum atomic E-state index is 12.1. The second-order valence-electron chi connectivity index (χ2n) is 5.83. The van der Waals surface area contributed by atoms with E-state index in [4.69, 9.17) is 5.73 Å². The molecule has 2 aliphatic rings. The van der Waals surface area contributed by atoms with Gasteiger partial charge in [-0.3, -0.25) is 14.5 Å². The van der Waals surface area contributed by atoms with E-state index in [0.29, 0.717) is 29.6 Å². The summed E-state index contributed by atoms with van der Waals surface area (Å²) in [5, 5.41) is 6.17. The van der Waals surface area contributed by atoms with Gasteiger partial charge in [0.15, 0.2) is 0 Å². The molecule has 2 amide bonds. The molecule has 0 saturated carbocycles. The second kappa shape index (κ2) is 5.83. The van der Waals surface area contributed by atoms with E-state index in [2.05, 4.69) is 15.5 Å². The predicted octanol–water partition coefficient (Wildman–Crippen LogP) is -0.125. The zero-order valence-corrected chi connectivity index (χ0v) is 11.8. The lowest BCUT2D eigenvalue weighted by Gasteiger charge is -2.17. The van der Waals surface area contributed by atoms with E-state index in [1.54, 1.807) is 24.3 Å². The van der Waals surface area contributed by atoms with Gasteiger partial charge in [0.2, 0.25) is 5.91 Å². The highest BCUT2D eigenvalue weighted by molar-refractivity contribution is 6.03. The predicted molar refractivity (Wildman–Crippen MR) is 79.9 cm³/mol. The third-order valence-electron chi connectivity index (χ3n) is 4.30. The summed E-state index contributed by atoms with van der Waals surface area (Å²) < 4.78 is 0. The molecule has 21 heavy (non-hydrogen) atoms. The Hall–Kier alpha value is -1.92. The van der Waals surface area contributed by atoms with Gasteiger partial charge in [-0.2, -0.15) is 0 Å². The maximum absolute atomic E-state index is 12.1. The lowest BCUT2D eigenvalue weighted by molar-refractivity contribution is -0.117. The molecule has 6 heteroatoms. The molecule has 112 valence electrons. The van der Waals surface area contributed by atoms with Crippen molar-refractivity contribution in [1.82, 2.24) is 10.2 Å². The van der Waals surface area contributed by atoms with E-state index in [0.717, 1.165) is 26.2 Å². The number of fused-ring (bicyclic) bond motifs is 1. The van der Waals surface area contributed by atoms with Crippen LogP contribution in [0.2, 0.25) is 0 Å². The number of amides is 2. The molecular formula is C15H20N4O2. The van der Waals surface area contributed by atoms with Gasteiger partial charge in [-0.15, -0.1) is 0 Å². The Bertz CT molecular complexity index is 548. The minimum absolute atomic E-state index is 0.100. The fourth-order valence-electron chi connectivity index (χ4n) is 3.28. The van der Waals surface area contributed by atoms with E-state index in [1.807, 2.05) is 0 Å². The summed E-state index contributed by atoms with van der Waals surface area (Å²) >= 11 is 0. The summed E-state index contributed by atoms with van der Waals surface area (Å²) in [5.41, 5.74) is 6.13. The molecule has 2 saturated heterocycles. The van der Waals surface area contributed by atoms with E-state index < -0.39 is 5.91 Å². The second-order valence-corrected chi connectivity index (χ2v) is 5.83. The van der Waals surface area contributed by atoms with Crippen molar-refractivity contribution in [2.45, 2.75) is 0 Å². The summed E-state index contributed by atoms with van der Waals surface area (Å²) in [6.07, 6.45) is 0. The number of hydrogen-bond acceptors (Lipinski definition) is 4. The zero-order chi connectivity index (χ0) is 14.8. The quantitative estimate of drug-likeness (QED) is 0.720. The third-order valence-corrected chi connectivity index (χ3v) is 4.30. The van der Waals surface area contributed by atoms with Crippen molar-refractivity contribution in [3.8, 4) is 0 Å². The number of likely N-dealkylation sites (tertiary alicyclic amines) is 1. The highest BCUT2D eigenvalue weighted by Crippen LogP contribution is 2.26. The first-order valence-corrected chi connectivity index (χ1v) is 7.25. The van der Waals surface area contributed by atoms with Crippen molar-refractivity contribution in [2.75, 3.05) is 38.0 Å². The normalized spacial score (nSPS) is 24.8. The summed E-state index contributed by atoms with van der Waals surface area (Å²) in [6.45, 7) is 4.38. The number of nitrogens with one attached hydrogen (secondary N) is 2. The van der Waals surface area contributed by atoms with Crippen molar-refractivity contribution in [3.63, 3.8) is 0 Å². The molecule has 0 aliphatic carbocycles. The van der Waals surface area contributed by atoms with Crippen LogP contribution in [0.3, 0.4) is 0 Å². The maximum Gasteiger partial charge on any atom is 0.250 e. The fraction of sp³-hybridized carbons (Fsp3) is 0.467. The number of primary amides is 1. The topological polar surface area (TPSA) is 87.5 Å². The Morgan fingerprint density at radius 2 is 1.90 bits per heavy atom. The standard InChI is InChI=1S/C15H20N4O2/c16-15(21)12-3-1-2-4-13(12)18-14(20)9-19-7-10-5-17-6-11(10)8-19/h1-4,10-11,17H,5-9H2,(H2,16,21)(H,18,20)/t10-,11+. The van der Waals surface area contributed by atoms with Gasteiger partial charge in [0.1, 0.15) is 0 Å².